The van der Waals surface area contributed by atoms with Gasteiger partial charge in [0.25, 0.3) is 11.1 Å². The van der Waals surface area contributed by atoms with E-state index < -0.39 is 0 Å². The predicted molar refractivity (Wildman–Crippen MR) is 107 cm³/mol. The van der Waals surface area contributed by atoms with Crippen LogP contribution in [0.5, 0.6) is 0 Å². The second-order valence-corrected chi connectivity index (χ2v) is 7.30. The predicted octanol–water partition coefficient (Wildman–Crippen LogP) is 5.38. The number of amides is 2. The zero-order valence-corrected chi connectivity index (χ0v) is 15.1. The fraction of sp³-hybridized carbons (Fsp3) is 0.0909. The third-order valence-corrected chi connectivity index (χ3v) is 5.41. The van der Waals surface area contributed by atoms with Crippen molar-refractivity contribution in [3.63, 3.8) is 0 Å². The van der Waals surface area contributed by atoms with Gasteiger partial charge in [-0.25, -0.2) is 0 Å². The number of thioether (sulfide) groups is 1. The summed E-state index contributed by atoms with van der Waals surface area (Å²) in [6.45, 7) is 2.28. The third-order valence-electron chi connectivity index (χ3n) is 4.50. The van der Waals surface area contributed by atoms with Gasteiger partial charge in [-0.15, -0.1) is 0 Å². The fourth-order valence-electron chi connectivity index (χ4n) is 3.05. The molecular weight excluding hydrogens is 342 g/mol. The Kier molecular flexibility index (Phi) is 4.35. The van der Waals surface area contributed by atoms with Crippen LogP contribution >= 0.6 is 11.8 Å². The summed E-state index contributed by atoms with van der Waals surface area (Å²) in [5.41, 5.74) is 2.99. The van der Waals surface area contributed by atoms with Gasteiger partial charge in [-0.05, 0) is 58.3 Å². The molecule has 1 aliphatic rings. The van der Waals surface area contributed by atoms with E-state index in [0.29, 0.717) is 11.4 Å². The van der Waals surface area contributed by atoms with Crippen LogP contribution in [0.2, 0.25) is 0 Å². The standard InChI is InChI=1S/C22H17NO2S/c1-15-6-2-3-8-18(15)13-20-21(24)23(22(25)26-20)14-16-10-11-17-7-4-5-9-19(17)12-16/h2-13H,14H2,1H3/b20-13-. The Morgan fingerprint density at radius 1 is 0.923 bits per heavy atom. The van der Waals surface area contributed by atoms with Gasteiger partial charge in [0.2, 0.25) is 0 Å². The van der Waals surface area contributed by atoms with Gasteiger partial charge in [-0.1, -0.05) is 60.7 Å². The summed E-state index contributed by atoms with van der Waals surface area (Å²) in [5.74, 6) is -0.226. The maximum absolute atomic E-state index is 12.7. The molecule has 0 aliphatic carbocycles. The molecule has 0 radical (unpaired) electrons. The summed E-state index contributed by atoms with van der Waals surface area (Å²) < 4.78 is 0. The minimum atomic E-state index is -0.226. The van der Waals surface area contributed by atoms with Crippen molar-refractivity contribution >= 4 is 39.8 Å². The Morgan fingerprint density at radius 3 is 2.46 bits per heavy atom. The monoisotopic (exact) mass is 359 g/mol. The van der Waals surface area contributed by atoms with E-state index in [1.54, 1.807) is 6.08 Å². The number of hydrogen-bond acceptors (Lipinski definition) is 3. The van der Waals surface area contributed by atoms with Crippen molar-refractivity contribution in [3.05, 3.63) is 88.3 Å². The smallest absolute Gasteiger partial charge is 0.268 e. The van der Waals surface area contributed by atoms with Gasteiger partial charge < -0.3 is 0 Å². The number of benzene rings is 3. The molecule has 26 heavy (non-hydrogen) atoms. The van der Waals surface area contributed by atoms with Crippen molar-refractivity contribution in [2.45, 2.75) is 13.5 Å². The van der Waals surface area contributed by atoms with Crippen LogP contribution < -0.4 is 0 Å². The Bertz CT molecular complexity index is 1050. The number of rotatable bonds is 3. The molecule has 0 spiro atoms. The lowest BCUT2D eigenvalue weighted by Crippen LogP contribution is -2.27. The Labute approximate surface area is 156 Å². The topological polar surface area (TPSA) is 37.4 Å². The number of hydrogen-bond donors (Lipinski definition) is 0. The van der Waals surface area contributed by atoms with Crippen molar-refractivity contribution in [1.82, 2.24) is 4.90 Å². The molecule has 0 unspecified atom stereocenters. The lowest BCUT2D eigenvalue weighted by atomic mass is 10.1. The quantitative estimate of drug-likeness (QED) is 0.589. The van der Waals surface area contributed by atoms with Crippen molar-refractivity contribution in [3.8, 4) is 0 Å². The van der Waals surface area contributed by atoms with Gasteiger partial charge in [0.1, 0.15) is 0 Å². The average Bonchev–Trinajstić information content (AvgIpc) is 2.91. The van der Waals surface area contributed by atoms with Crippen molar-refractivity contribution in [2.75, 3.05) is 0 Å². The summed E-state index contributed by atoms with van der Waals surface area (Å²) in [6, 6.07) is 21.9. The first-order valence-electron chi connectivity index (χ1n) is 8.40. The molecule has 4 heteroatoms. The van der Waals surface area contributed by atoms with Crippen LogP contribution in [0.25, 0.3) is 16.8 Å². The molecule has 1 heterocycles. The molecule has 0 saturated carbocycles. The number of nitrogens with zero attached hydrogens (tertiary/aromatic N) is 1. The van der Waals surface area contributed by atoms with Gasteiger partial charge in [-0.2, -0.15) is 0 Å². The number of carbonyl (C=O) groups excluding carboxylic acids is 2. The second kappa shape index (κ2) is 6.81. The number of aryl methyl sites for hydroxylation is 1. The minimum Gasteiger partial charge on any atom is -0.268 e. The van der Waals surface area contributed by atoms with Gasteiger partial charge in [0.05, 0.1) is 11.4 Å². The lowest BCUT2D eigenvalue weighted by Gasteiger charge is -2.13. The fourth-order valence-corrected chi connectivity index (χ4v) is 3.88. The highest BCUT2D eigenvalue weighted by Crippen LogP contribution is 2.34. The van der Waals surface area contributed by atoms with E-state index in [1.165, 1.54) is 4.90 Å². The highest BCUT2D eigenvalue weighted by Gasteiger charge is 2.35. The number of imide groups is 1. The van der Waals surface area contributed by atoms with Crippen LogP contribution in [0.15, 0.2) is 71.6 Å². The maximum Gasteiger partial charge on any atom is 0.293 e. The van der Waals surface area contributed by atoms with Crippen LogP contribution in [-0.2, 0) is 11.3 Å². The van der Waals surface area contributed by atoms with Gasteiger partial charge in [0, 0.05) is 0 Å². The molecular formula is C22H17NO2S. The van der Waals surface area contributed by atoms with E-state index in [9.17, 15) is 9.59 Å². The van der Waals surface area contributed by atoms with E-state index in [1.807, 2.05) is 73.7 Å². The van der Waals surface area contributed by atoms with Gasteiger partial charge >= 0.3 is 0 Å². The van der Waals surface area contributed by atoms with Crippen molar-refractivity contribution in [1.29, 1.82) is 0 Å². The summed E-state index contributed by atoms with van der Waals surface area (Å²) in [6.07, 6.45) is 1.81. The molecule has 2 amide bonds. The van der Waals surface area contributed by atoms with Crippen LogP contribution in [-0.4, -0.2) is 16.0 Å². The third kappa shape index (κ3) is 3.16. The van der Waals surface area contributed by atoms with E-state index >= 15 is 0 Å². The molecule has 128 valence electrons. The van der Waals surface area contributed by atoms with E-state index in [4.69, 9.17) is 0 Å². The summed E-state index contributed by atoms with van der Waals surface area (Å²) in [7, 11) is 0. The molecule has 4 rings (SSSR count). The zero-order chi connectivity index (χ0) is 18.1. The molecule has 0 atom stereocenters. The second-order valence-electron chi connectivity index (χ2n) is 6.31. The average molecular weight is 359 g/mol. The molecule has 0 aromatic heterocycles. The molecule has 1 aliphatic heterocycles. The SMILES string of the molecule is Cc1ccccc1/C=C1\SC(=O)N(Cc2ccc3ccccc3c2)C1=O. The van der Waals surface area contributed by atoms with Crippen molar-refractivity contribution < 1.29 is 9.59 Å². The Morgan fingerprint density at radius 2 is 1.65 bits per heavy atom. The summed E-state index contributed by atoms with van der Waals surface area (Å²) >= 11 is 1.01. The number of carbonyl (C=O) groups is 2. The largest absolute Gasteiger partial charge is 0.293 e. The summed E-state index contributed by atoms with van der Waals surface area (Å²) in [5, 5.41) is 2.03. The molecule has 3 nitrogen and oxygen atoms in total. The van der Waals surface area contributed by atoms with Crippen LogP contribution in [0.1, 0.15) is 16.7 Å². The summed E-state index contributed by atoms with van der Waals surface area (Å²) in [4.78, 5) is 26.9. The molecule has 0 bridgehead atoms. The Balaban J connectivity index is 1.60. The highest BCUT2D eigenvalue weighted by atomic mass is 32.2. The first-order valence-corrected chi connectivity index (χ1v) is 9.22. The van der Waals surface area contributed by atoms with Crippen LogP contribution in [0.3, 0.4) is 0 Å². The van der Waals surface area contributed by atoms with Crippen LogP contribution in [0, 0.1) is 6.92 Å². The van der Waals surface area contributed by atoms with E-state index in [0.717, 1.165) is 39.2 Å². The highest BCUT2D eigenvalue weighted by molar-refractivity contribution is 8.18. The first kappa shape index (κ1) is 16.6. The normalized spacial score (nSPS) is 16.0. The molecule has 1 saturated heterocycles. The molecule has 1 fully saturated rings. The van der Waals surface area contributed by atoms with E-state index in [-0.39, 0.29) is 11.1 Å². The van der Waals surface area contributed by atoms with Gasteiger partial charge in [0.15, 0.2) is 0 Å². The number of fused-ring (bicyclic) bond motifs is 1. The molecule has 3 aromatic carbocycles. The lowest BCUT2D eigenvalue weighted by molar-refractivity contribution is -0.123. The van der Waals surface area contributed by atoms with Crippen LogP contribution in [0.4, 0.5) is 4.79 Å². The maximum atomic E-state index is 12.7. The molecule has 0 N–H and O–H groups in total. The first-order chi connectivity index (χ1) is 12.6. The van der Waals surface area contributed by atoms with E-state index in [2.05, 4.69) is 0 Å². The van der Waals surface area contributed by atoms with Crippen molar-refractivity contribution in [2.24, 2.45) is 0 Å². The Hall–Kier alpha value is -2.85. The van der Waals surface area contributed by atoms with Gasteiger partial charge in [-0.3, -0.25) is 14.5 Å². The zero-order valence-electron chi connectivity index (χ0n) is 14.3. The minimum absolute atomic E-state index is 0.219. The molecule has 3 aromatic rings.